The van der Waals surface area contributed by atoms with Gasteiger partial charge in [-0.15, -0.1) is 0 Å². The third kappa shape index (κ3) is 4.76. The van der Waals surface area contributed by atoms with Crippen molar-refractivity contribution in [3.8, 4) is 0 Å². The average molecular weight is 188 g/mol. The molecule has 0 saturated carbocycles. The topological polar surface area (TPSA) is 43.1 Å². The first-order valence-corrected chi connectivity index (χ1v) is 2.09. The Labute approximate surface area is 75.1 Å². The van der Waals surface area contributed by atoms with E-state index in [0.29, 0.717) is 6.42 Å². The molecule has 0 spiro atoms. The largest absolute Gasteiger partial charge is 0.342 e. The van der Waals surface area contributed by atoms with E-state index >= 15 is 0 Å². The Morgan fingerprint density at radius 1 is 1.75 bits per heavy atom. The predicted molar refractivity (Wildman–Crippen MR) is 28.3 cm³/mol. The molecular weight excluding hydrogens is 179 g/mol. The van der Waals surface area contributed by atoms with Crippen molar-refractivity contribution in [1.29, 1.82) is 0 Å². The normalized spacial score (nSPS) is 11.8. The average Bonchev–Trinajstić information content (AvgIpc) is 1.65. The van der Waals surface area contributed by atoms with Gasteiger partial charge in [0.1, 0.15) is 0 Å². The Kier molecular flexibility index (Phi) is 8.18. The molecule has 0 fully saturated rings. The van der Waals surface area contributed by atoms with Crippen molar-refractivity contribution < 1.29 is 37.5 Å². The van der Waals surface area contributed by atoms with Crippen molar-refractivity contribution in [2.45, 2.75) is 12.5 Å². The predicted octanol–water partition coefficient (Wildman–Crippen LogP) is -0.0614. The summed E-state index contributed by atoms with van der Waals surface area (Å²) < 4.78 is 0. The van der Waals surface area contributed by atoms with E-state index in [4.69, 9.17) is 5.73 Å². The summed E-state index contributed by atoms with van der Waals surface area (Å²) in [5.74, 6) is -0.241. The SMILES string of the molecule is [CH2-]CC(N)C([CH2-])=O.[Y]. The molecule has 1 unspecified atom stereocenters. The number of carbonyl (C=O) groups excluding carboxylic acids is 1. The zero-order valence-electron chi connectivity index (χ0n) is 4.76. The molecule has 2 N–H and O–H groups in total. The maximum absolute atomic E-state index is 10.1. The van der Waals surface area contributed by atoms with Crippen LogP contribution < -0.4 is 5.73 Å². The zero-order valence-corrected chi connectivity index (χ0v) is 7.60. The van der Waals surface area contributed by atoms with Gasteiger partial charge in [-0.05, 0) is 0 Å². The van der Waals surface area contributed by atoms with Crippen LogP contribution >= 0.6 is 0 Å². The molecule has 8 heavy (non-hydrogen) atoms. The molecule has 3 heteroatoms. The first-order valence-electron chi connectivity index (χ1n) is 2.09. The molecule has 0 heterocycles. The molecule has 0 aromatic carbocycles. The molecule has 0 aromatic heterocycles. The molecule has 0 saturated heterocycles. The number of hydrogen-bond acceptors (Lipinski definition) is 2. The van der Waals surface area contributed by atoms with Gasteiger partial charge >= 0.3 is 0 Å². The summed E-state index contributed by atoms with van der Waals surface area (Å²) in [6.45, 7) is 6.53. The molecular formula is C5H9NOY-2. The summed E-state index contributed by atoms with van der Waals surface area (Å²) >= 11 is 0. The second-order valence-electron chi connectivity index (χ2n) is 1.36. The monoisotopic (exact) mass is 188 g/mol. The molecule has 0 bridgehead atoms. The van der Waals surface area contributed by atoms with Crippen LogP contribution in [0.1, 0.15) is 6.42 Å². The Balaban J connectivity index is 0. The standard InChI is InChI=1S/C5H9NO.Y/c1-3-5(6)4(2)7;/h5H,1-3,6H2;/q-2;. The van der Waals surface area contributed by atoms with E-state index in [1.807, 2.05) is 0 Å². The van der Waals surface area contributed by atoms with E-state index in [2.05, 4.69) is 13.8 Å². The third-order valence-electron chi connectivity index (χ3n) is 0.725. The van der Waals surface area contributed by atoms with Gasteiger partial charge in [0.15, 0.2) is 0 Å². The van der Waals surface area contributed by atoms with Crippen LogP contribution in [-0.4, -0.2) is 11.8 Å². The Morgan fingerprint density at radius 2 is 2.12 bits per heavy atom. The quantitative estimate of drug-likeness (QED) is 0.617. The van der Waals surface area contributed by atoms with Crippen LogP contribution in [0.5, 0.6) is 0 Å². The number of rotatable bonds is 2. The molecule has 0 aliphatic heterocycles. The molecule has 0 aromatic rings. The first-order chi connectivity index (χ1) is 3.18. The van der Waals surface area contributed by atoms with Gasteiger partial charge in [0.25, 0.3) is 0 Å². The van der Waals surface area contributed by atoms with E-state index < -0.39 is 6.04 Å². The van der Waals surface area contributed by atoms with Crippen LogP contribution in [-0.2, 0) is 37.5 Å². The summed E-state index contributed by atoms with van der Waals surface area (Å²) in [6.07, 6.45) is 0.433. The fourth-order valence-electron chi connectivity index (χ4n) is 0.161. The minimum atomic E-state index is -0.458. The van der Waals surface area contributed by atoms with Crippen LogP contribution in [0, 0.1) is 13.8 Å². The number of carbonyl (C=O) groups is 1. The van der Waals surface area contributed by atoms with Gasteiger partial charge in [0.05, 0.1) is 0 Å². The molecule has 2 nitrogen and oxygen atoms in total. The van der Waals surface area contributed by atoms with E-state index in [1.165, 1.54) is 0 Å². The maximum atomic E-state index is 10.1. The number of nitrogens with two attached hydrogens (primary N) is 1. The first kappa shape index (κ1) is 11.4. The number of Topliss-reactive ketones (excluding diaryl/α,β-unsaturated/α-hetero) is 1. The minimum absolute atomic E-state index is 0. The van der Waals surface area contributed by atoms with Crippen LogP contribution in [0.3, 0.4) is 0 Å². The maximum Gasteiger partial charge on any atom is 0.0103 e. The molecule has 1 atom stereocenters. The third-order valence-corrected chi connectivity index (χ3v) is 0.725. The van der Waals surface area contributed by atoms with E-state index in [-0.39, 0.29) is 38.5 Å². The van der Waals surface area contributed by atoms with Crippen molar-refractivity contribution in [1.82, 2.24) is 0 Å². The smallest absolute Gasteiger partial charge is 0.0103 e. The van der Waals surface area contributed by atoms with E-state index in [1.54, 1.807) is 0 Å². The second kappa shape index (κ2) is 5.74. The van der Waals surface area contributed by atoms with Crippen LogP contribution in [0.2, 0.25) is 0 Å². The zero-order chi connectivity index (χ0) is 5.86. The molecule has 45 valence electrons. The van der Waals surface area contributed by atoms with Gasteiger partial charge in [-0.3, -0.25) is 0 Å². The van der Waals surface area contributed by atoms with Gasteiger partial charge in [0.2, 0.25) is 0 Å². The Bertz CT molecular complexity index is 74.8. The van der Waals surface area contributed by atoms with Gasteiger partial charge in [-0.1, -0.05) is 0 Å². The summed E-state index contributed by atoms with van der Waals surface area (Å²) in [5, 5.41) is 0. The molecule has 0 rings (SSSR count). The number of ketones is 1. The van der Waals surface area contributed by atoms with Crippen molar-refractivity contribution in [3.05, 3.63) is 13.8 Å². The second-order valence-corrected chi connectivity index (χ2v) is 1.36. The van der Waals surface area contributed by atoms with Gasteiger partial charge in [-0.25, -0.2) is 0 Å². The number of hydrogen-bond donors (Lipinski definition) is 1. The Hall–Kier alpha value is 0.604. The fourth-order valence-corrected chi connectivity index (χ4v) is 0.161. The summed E-state index contributed by atoms with van der Waals surface area (Å²) in [6, 6.07) is -0.458. The van der Waals surface area contributed by atoms with Crippen molar-refractivity contribution >= 4 is 5.78 Å². The van der Waals surface area contributed by atoms with Gasteiger partial charge in [0, 0.05) is 44.5 Å². The van der Waals surface area contributed by atoms with Gasteiger partial charge < -0.3 is 24.4 Å². The van der Waals surface area contributed by atoms with Crippen LogP contribution in [0.4, 0.5) is 0 Å². The minimum Gasteiger partial charge on any atom is -0.342 e. The van der Waals surface area contributed by atoms with Crippen molar-refractivity contribution in [2.24, 2.45) is 5.73 Å². The molecule has 0 aliphatic carbocycles. The van der Waals surface area contributed by atoms with Crippen molar-refractivity contribution in [2.75, 3.05) is 0 Å². The summed E-state index contributed by atoms with van der Waals surface area (Å²) in [7, 11) is 0. The van der Waals surface area contributed by atoms with Crippen LogP contribution in [0.25, 0.3) is 0 Å². The fraction of sp³-hybridized carbons (Fsp3) is 0.400. The van der Waals surface area contributed by atoms with Gasteiger partial charge in [-0.2, -0.15) is 6.42 Å². The molecule has 0 aliphatic rings. The Morgan fingerprint density at radius 3 is 2.12 bits per heavy atom. The van der Waals surface area contributed by atoms with E-state index in [9.17, 15) is 4.79 Å². The van der Waals surface area contributed by atoms with Crippen LogP contribution in [0.15, 0.2) is 0 Å². The molecule has 0 amide bonds. The molecule has 1 radical (unpaired) electrons. The van der Waals surface area contributed by atoms with Crippen molar-refractivity contribution in [3.63, 3.8) is 0 Å². The summed E-state index contributed by atoms with van der Waals surface area (Å²) in [5.41, 5.74) is 5.14. The van der Waals surface area contributed by atoms with E-state index in [0.717, 1.165) is 0 Å². The summed E-state index contributed by atoms with van der Waals surface area (Å²) in [4.78, 5) is 10.1.